The normalized spacial score (nSPS) is 21.2. The van der Waals surface area contributed by atoms with Gasteiger partial charge in [-0.2, -0.15) is 0 Å². The number of aromatic nitrogens is 4. The Kier molecular flexibility index (Phi) is 6.12. The lowest BCUT2D eigenvalue weighted by Crippen LogP contribution is -2.47. The second-order valence-electron chi connectivity index (χ2n) is 7.35. The number of amides is 1. The molecule has 2 heterocycles. The number of nitrogens with one attached hydrogen (secondary N) is 1. The summed E-state index contributed by atoms with van der Waals surface area (Å²) in [4.78, 5) is 16.7. The van der Waals surface area contributed by atoms with Crippen LogP contribution in [0.2, 0.25) is 0 Å². The van der Waals surface area contributed by atoms with Gasteiger partial charge in [-0.1, -0.05) is 19.8 Å². The van der Waals surface area contributed by atoms with Crippen LogP contribution in [0.25, 0.3) is 11.4 Å². The number of hydrogen-bond donors (Lipinski definition) is 1. The van der Waals surface area contributed by atoms with Crippen molar-refractivity contribution in [3.63, 3.8) is 0 Å². The molecule has 8 nitrogen and oxygen atoms in total. The number of sulfone groups is 1. The Balaban J connectivity index is 1.86. The topological polar surface area (TPSA) is 107 Å². The van der Waals surface area contributed by atoms with E-state index >= 15 is 0 Å². The quantitative estimate of drug-likeness (QED) is 0.790. The van der Waals surface area contributed by atoms with Crippen LogP contribution in [0, 0.1) is 5.92 Å². The summed E-state index contributed by atoms with van der Waals surface area (Å²) in [5.41, 5.74) is 0.721. The van der Waals surface area contributed by atoms with E-state index in [1.165, 1.54) is 11.5 Å². The SMILES string of the molecule is CCn1c(-c2ccncc2)nnc1S(=O)(=O)[C@H](C)C(=O)N[C@H]1CCCC[C@H]1C. The van der Waals surface area contributed by atoms with E-state index in [4.69, 9.17) is 0 Å². The minimum Gasteiger partial charge on any atom is -0.352 e. The molecule has 0 radical (unpaired) electrons. The first-order chi connectivity index (χ1) is 13.4. The molecule has 1 N–H and O–H groups in total. The summed E-state index contributed by atoms with van der Waals surface area (Å²) < 4.78 is 27.8. The summed E-state index contributed by atoms with van der Waals surface area (Å²) in [7, 11) is -3.97. The second kappa shape index (κ2) is 8.38. The first kappa shape index (κ1) is 20.4. The van der Waals surface area contributed by atoms with E-state index < -0.39 is 21.0 Å². The highest BCUT2D eigenvalue weighted by Gasteiger charge is 2.36. The van der Waals surface area contributed by atoms with Gasteiger partial charge in [0.05, 0.1) is 0 Å². The van der Waals surface area contributed by atoms with Crippen LogP contribution in [0.1, 0.15) is 46.5 Å². The van der Waals surface area contributed by atoms with Gasteiger partial charge in [0.2, 0.25) is 15.7 Å². The molecular weight excluding hydrogens is 378 g/mol. The summed E-state index contributed by atoms with van der Waals surface area (Å²) in [5, 5.41) is 9.51. The zero-order chi connectivity index (χ0) is 20.3. The summed E-state index contributed by atoms with van der Waals surface area (Å²) in [5.74, 6) is 0.317. The highest BCUT2D eigenvalue weighted by Crippen LogP contribution is 2.25. The van der Waals surface area contributed by atoms with Gasteiger partial charge in [-0.25, -0.2) is 8.42 Å². The van der Waals surface area contributed by atoms with Gasteiger partial charge >= 0.3 is 0 Å². The molecule has 0 aliphatic heterocycles. The lowest BCUT2D eigenvalue weighted by atomic mass is 9.86. The van der Waals surface area contributed by atoms with Crippen molar-refractivity contribution in [1.82, 2.24) is 25.1 Å². The van der Waals surface area contributed by atoms with Crippen molar-refractivity contribution < 1.29 is 13.2 Å². The molecule has 152 valence electrons. The average Bonchev–Trinajstić information content (AvgIpc) is 3.14. The molecule has 0 aromatic carbocycles. The zero-order valence-electron chi connectivity index (χ0n) is 16.5. The molecule has 2 aromatic heterocycles. The predicted octanol–water partition coefficient (Wildman–Crippen LogP) is 2.22. The fourth-order valence-electron chi connectivity index (χ4n) is 3.63. The highest BCUT2D eigenvalue weighted by molar-refractivity contribution is 7.92. The molecule has 2 aromatic rings. The third kappa shape index (κ3) is 3.94. The van der Waals surface area contributed by atoms with E-state index in [1.54, 1.807) is 24.5 Å². The Morgan fingerprint density at radius 3 is 2.57 bits per heavy atom. The van der Waals surface area contributed by atoms with E-state index in [2.05, 4.69) is 27.4 Å². The Bertz CT molecular complexity index is 926. The average molecular weight is 406 g/mol. The lowest BCUT2D eigenvalue weighted by Gasteiger charge is -2.30. The smallest absolute Gasteiger partial charge is 0.250 e. The standard InChI is InChI=1S/C19H27N5O3S/c1-4-24-17(15-9-11-20-12-10-15)22-23-19(24)28(26,27)14(3)18(25)21-16-8-6-5-7-13(16)2/h9-14,16H,4-8H2,1-3H3,(H,21,25)/t13-,14-,16+/m1/s1. The molecule has 1 amide bonds. The molecule has 0 bridgehead atoms. The van der Waals surface area contributed by atoms with Crippen molar-refractivity contribution in [2.24, 2.45) is 5.92 Å². The predicted molar refractivity (Wildman–Crippen MR) is 105 cm³/mol. The van der Waals surface area contributed by atoms with Gasteiger partial charge in [0.1, 0.15) is 5.25 Å². The second-order valence-corrected chi connectivity index (χ2v) is 9.51. The molecule has 3 atom stereocenters. The van der Waals surface area contributed by atoms with Crippen LogP contribution in [-0.2, 0) is 21.2 Å². The van der Waals surface area contributed by atoms with E-state index in [1.807, 2.05) is 6.92 Å². The fraction of sp³-hybridized carbons (Fsp3) is 0.579. The molecule has 1 aliphatic rings. The van der Waals surface area contributed by atoms with Crippen molar-refractivity contribution in [2.45, 2.75) is 69.4 Å². The van der Waals surface area contributed by atoms with Gasteiger partial charge in [0, 0.05) is 30.5 Å². The largest absolute Gasteiger partial charge is 0.352 e. The van der Waals surface area contributed by atoms with E-state index in [0.29, 0.717) is 18.3 Å². The number of rotatable bonds is 6. The maximum atomic E-state index is 13.1. The number of carbonyl (C=O) groups excluding carboxylic acids is 1. The van der Waals surface area contributed by atoms with E-state index in [9.17, 15) is 13.2 Å². The molecule has 3 rings (SSSR count). The molecule has 1 saturated carbocycles. The summed E-state index contributed by atoms with van der Waals surface area (Å²) in [6.45, 7) is 5.70. The van der Waals surface area contributed by atoms with Gasteiger partial charge in [-0.05, 0) is 44.7 Å². The Morgan fingerprint density at radius 2 is 1.93 bits per heavy atom. The third-order valence-corrected chi connectivity index (χ3v) is 7.46. The first-order valence-corrected chi connectivity index (χ1v) is 11.3. The van der Waals surface area contributed by atoms with Gasteiger partial charge < -0.3 is 5.32 Å². The molecule has 9 heteroatoms. The van der Waals surface area contributed by atoms with Crippen molar-refractivity contribution in [3.8, 4) is 11.4 Å². The molecular formula is C19H27N5O3S. The molecule has 1 fully saturated rings. The number of hydrogen-bond acceptors (Lipinski definition) is 6. The first-order valence-electron chi connectivity index (χ1n) is 9.74. The highest BCUT2D eigenvalue weighted by atomic mass is 32.2. The van der Waals surface area contributed by atoms with E-state index in [0.717, 1.165) is 31.2 Å². The van der Waals surface area contributed by atoms with Crippen LogP contribution in [0.3, 0.4) is 0 Å². The maximum absolute atomic E-state index is 13.1. The van der Waals surface area contributed by atoms with Crippen LogP contribution in [0.15, 0.2) is 29.7 Å². The fourth-order valence-corrected chi connectivity index (χ4v) is 4.97. The number of pyridine rings is 1. The van der Waals surface area contributed by atoms with Crippen LogP contribution in [0.4, 0.5) is 0 Å². The monoisotopic (exact) mass is 405 g/mol. The minimum absolute atomic E-state index is 0.0234. The lowest BCUT2D eigenvalue weighted by molar-refractivity contribution is -0.121. The van der Waals surface area contributed by atoms with Crippen LogP contribution in [0.5, 0.6) is 0 Å². The summed E-state index contributed by atoms with van der Waals surface area (Å²) in [6.07, 6.45) is 7.36. The maximum Gasteiger partial charge on any atom is 0.250 e. The van der Waals surface area contributed by atoms with Crippen LogP contribution < -0.4 is 5.32 Å². The van der Waals surface area contributed by atoms with Crippen LogP contribution >= 0.6 is 0 Å². The molecule has 28 heavy (non-hydrogen) atoms. The Hall–Kier alpha value is -2.29. The van der Waals surface area contributed by atoms with Crippen molar-refractivity contribution in [1.29, 1.82) is 0 Å². The van der Waals surface area contributed by atoms with Crippen molar-refractivity contribution >= 4 is 15.7 Å². The molecule has 0 saturated heterocycles. The Labute approximate surface area is 165 Å². The van der Waals surface area contributed by atoms with Gasteiger partial charge in [0.25, 0.3) is 5.16 Å². The van der Waals surface area contributed by atoms with Gasteiger partial charge in [-0.3, -0.25) is 14.3 Å². The molecule has 0 spiro atoms. The summed E-state index contributed by atoms with van der Waals surface area (Å²) in [6, 6.07) is 3.51. The Morgan fingerprint density at radius 1 is 1.25 bits per heavy atom. The van der Waals surface area contributed by atoms with E-state index in [-0.39, 0.29) is 11.2 Å². The zero-order valence-corrected chi connectivity index (χ0v) is 17.3. The number of carbonyl (C=O) groups is 1. The number of nitrogens with zero attached hydrogens (tertiary/aromatic N) is 4. The molecule has 1 aliphatic carbocycles. The summed E-state index contributed by atoms with van der Waals surface area (Å²) >= 11 is 0. The van der Waals surface area contributed by atoms with Gasteiger partial charge in [-0.15, -0.1) is 10.2 Å². The van der Waals surface area contributed by atoms with Crippen molar-refractivity contribution in [3.05, 3.63) is 24.5 Å². The van der Waals surface area contributed by atoms with Crippen molar-refractivity contribution in [2.75, 3.05) is 0 Å². The van der Waals surface area contributed by atoms with Gasteiger partial charge in [0.15, 0.2) is 5.82 Å². The van der Waals surface area contributed by atoms with Crippen LogP contribution in [-0.4, -0.2) is 45.4 Å². The third-order valence-electron chi connectivity index (χ3n) is 5.50. The minimum atomic E-state index is -3.97. The molecule has 0 unspecified atom stereocenters.